The van der Waals surface area contributed by atoms with E-state index in [4.69, 9.17) is 0 Å². The number of aromatic nitrogens is 3. The summed E-state index contributed by atoms with van der Waals surface area (Å²) < 4.78 is 1.68. The zero-order valence-corrected chi connectivity index (χ0v) is 19.0. The summed E-state index contributed by atoms with van der Waals surface area (Å²) in [6.07, 6.45) is 2.06. The number of rotatable bonds is 5. The van der Waals surface area contributed by atoms with E-state index in [1.807, 2.05) is 65.7 Å². The van der Waals surface area contributed by atoms with Gasteiger partial charge in [-0.2, -0.15) is 0 Å². The van der Waals surface area contributed by atoms with Crippen LogP contribution in [0.3, 0.4) is 0 Å². The van der Waals surface area contributed by atoms with Crippen molar-refractivity contribution in [1.29, 1.82) is 0 Å². The monoisotopic (exact) mass is 457 g/mol. The SMILES string of the molecule is Cc1c(NC(=O)c2nc(-c3cccs3)n(-c3ccccc3)n2)cccc1C(=O)N1CCCC1. The van der Waals surface area contributed by atoms with Crippen LogP contribution >= 0.6 is 11.3 Å². The summed E-state index contributed by atoms with van der Waals surface area (Å²) in [6, 6.07) is 18.9. The molecule has 3 heterocycles. The molecule has 0 spiro atoms. The van der Waals surface area contributed by atoms with Gasteiger partial charge in [0.2, 0.25) is 5.82 Å². The summed E-state index contributed by atoms with van der Waals surface area (Å²) in [5.41, 5.74) is 2.75. The van der Waals surface area contributed by atoms with Gasteiger partial charge in [0.05, 0.1) is 10.6 Å². The van der Waals surface area contributed by atoms with E-state index in [-0.39, 0.29) is 11.7 Å². The fraction of sp³-hybridized carbons (Fsp3) is 0.200. The quantitative estimate of drug-likeness (QED) is 0.467. The molecule has 166 valence electrons. The molecule has 1 saturated heterocycles. The van der Waals surface area contributed by atoms with Gasteiger partial charge in [-0.25, -0.2) is 9.67 Å². The standard InChI is InChI=1S/C25H23N5O2S/c1-17-19(25(32)29-14-5-6-15-29)11-7-12-20(17)26-24(31)22-27-23(21-13-8-16-33-21)30(28-22)18-9-3-2-4-10-18/h2-4,7-13,16H,5-6,14-15H2,1H3,(H,26,31). The number of nitrogens with one attached hydrogen (secondary N) is 1. The average molecular weight is 458 g/mol. The molecule has 7 nitrogen and oxygen atoms in total. The minimum Gasteiger partial charge on any atom is -0.339 e. The summed E-state index contributed by atoms with van der Waals surface area (Å²) in [5.74, 6) is 0.262. The molecule has 1 aliphatic rings. The first kappa shape index (κ1) is 21.1. The Morgan fingerprint density at radius 2 is 1.76 bits per heavy atom. The second-order valence-corrected chi connectivity index (χ2v) is 8.86. The number of thiophene rings is 1. The molecule has 0 radical (unpaired) electrons. The van der Waals surface area contributed by atoms with Crippen LogP contribution in [0.5, 0.6) is 0 Å². The highest BCUT2D eigenvalue weighted by Crippen LogP contribution is 2.27. The molecule has 1 fully saturated rings. The maximum atomic E-state index is 13.1. The van der Waals surface area contributed by atoms with E-state index in [0.29, 0.717) is 17.1 Å². The number of hydrogen-bond acceptors (Lipinski definition) is 5. The van der Waals surface area contributed by atoms with Crippen LogP contribution in [-0.2, 0) is 0 Å². The molecule has 0 unspecified atom stereocenters. The second kappa shape index (κ2) is 8.99. The summed E-state index contributed by atoms with van der Waals surface area (Å²) in [7, 11) is 0. The van der Waals surface area contributed by atoms with Crippen molar-refractivity contribution in [2.45, 2.75) is 19.8 Å². The molecule has 0 aliphatic carbocycles. The summed E-state index contributed by atoms with van der Waals surface area (Å²) >= 11 is 1.54. The Hall–Kier alpha value is -3.78. The van der Waals surface area contributed by atoms with Crippen LogP contribution < -0.4 is 5.32 Å². The molecular weight excluding hydrogens is 434 g/mol. The average Bonchev–Trinajstić information content (AvgIpc) is 3.62. The highest BCUT2D eigenvalue weighted by atomic mass is 32.1. The van der Waals surface area contributed by atoms with Gasteiger partial charge in [-0.05, 0) is 61.0 Å². The van der Waals surface area contributed by atoms with E-state index in [9.17, 15) is 9.59 Å². The first-order valence-electron chi connectivity index (χ1n) is 10.9. The molecule has 2 amide bonds. The van der Waals surface area contributed by atoms with Gasteiger partial charge in [-0.15, -0.1) is 16.4 Å². The van der Waals surface area contributed by atoms with Crippen LogP contribution in [0.15, 0.2) is 66.0 Å². The van der Waals surface area contributed by atoms with Crippen molar-refractivity contribution in [3.63, 3.8) is 0 Å². The van der Waals surface area contributed by atoms with Crippen molar-refractivity contribution in [3.05, 3.63) is 83.0 Å². The van der Waals surface area contributed by atoms with Gasteiger partial charge in [0.1, 0.15) is 0 Å². The van der Waals surface area contributed by atoms with E-state index in [1.165, 1.54) is 11.3 Å². The smallest absolute Gasteiger partial charge is 0.295 e. The molecular formula is C25H23N5O2S. The molecule has 33 heavy (non-hydrogen) atoms. The number of amides is 2. The Labute approximate surface area is 195 Å². The lowest BCUT2D eigenvalue weighted by molar-refractivity contribution is 0.0791. The fourth-order valence-corrected chi connectivity index (χ4v) is 4.69. The Bertz CT molecular complexity index is 1290. The van der Waals surface area contributed by atoms with Crippen LogP contribution in [-0.4, -0.2) is 44.6 Å². The Morgan fingerprint density at radius 1 is 0.970 bits per heavy atom. The lowest BCUT2D eigenvalue weighted by Gasteiger charge is -2.18. The molecule has 2 aromatic carbocycles. The third kappa shape index (κ3) is 4.17. The lowest BCUT2D eigenvalue weighted by atomic mass is 10.1. The van der Waals surface area contributed by atoms with Gasteiger partial charge >= 0.3 is 0 Å². The highest BCUT2D eigenvalue weighted by molar-refractivity contribution is 7.13. The third-order valence-electron chi connectivity index (χ3n) is 5.76. The van der Waals surface area contributed by atoms with Gasteiger partial charge in [-0.1, -0.05) is 30.3 Å². The zero-order chi connectivity index (χ0) is 22.8. The molecule has 8 heteroatoms. The van der Waals surface area contributed by atoms with Crippen molar-refractivity contribution >= 4 is 28.8 Å². The number of nitrogens with zero attached hydrogens (tertiary/aromatic N) is 4. The largest absolute Gasteiger partial charge is 0.339 e. The third-order valence-corrected chi connectivity index (χ3v) is 6.62. The van der Waals surface area contributed by atoms with Crippen LogP contribution in [0.4, 0.5) is 5.69 Å². The predicted octanol–water partition coefficient (Wildman–Crippen LogP) is 4.79. The van der Waals surface area contributed by atoms with Crippen LogP contribution in [0.1, 0.15) is 39.4 Å². The second-order valence-electron chi connectivity index (χ2n) is 7.92. The number of para-hydroxylation sites is 1. The number of hydrogen-bond donors (Lipinski definition) is 1. The van der Waals surface area contributed by atoms with Crippen molar-refractivity contribution in [1.82, 2.24) is 19.7 Å². The first-order chi connectivity index (χ1) is 16.1. The lowest BCUT2D eigenvalue weighted by Crippen LogP contribution is -2.28. The van der Waals surface area contributed by atoms with E-state index in [2.05, 4.69) is 15.4 Å². The normalized spacial score (nSPS) is 13.3. The Balaban J connectivity index is 1.45. The molecule has 2 aromatic heterocycles. The van der Waals surface area contributed by atoms with Gasteiger partial charge in [0.15, 0.2) is 5.82 Å². The number of benzene rings is 2. The molecule has 5 rings (SSSR count). The molecule has 1 aliphatic heterocycles. The maximum Gasteiger partial charge on any atom is 0.295 e. The van der Waals surface area contributed by atoms with Crippen molar-refractivity contribution < 1.29 is 9.59 Å². The van der Waals surface area contributed by atoms with Gasteiger partial charge in [0.25, 0.3) is 11.8 Å². The minimum atomic E-state index is -0.420. The van der Waals surface area contributed by atoms with E-state index in [0.717, 1.165) is 42.1 Å². The van der Waals surface area contributed by atoms with E-state index in [1.54, 1.807) is 16.8 Å². The maximum absolute atomic E-state index is 13.1. The zero-order valence-electron chi connectivity index (χ0n) is 18.2. The van der Waals surface area contributed by atoms with E-state index >= 15 is 0 Å². The van der Waals surface area contributed by atoms with Crippen molar-refractivity contribution in [3.8, 4) is 16.4 Å². The summed E-state index contributed by atoms with van der Waals surface area (Å²) in [4.78, 5) is 33.4. The summed E-state index contributed by atoms with van der Waals surface area (Å²) in [5, 5.41) is 9.38. The molecule has 1 N–H and O–H groups in total. The minimum absolute atomic E-state index is 0.00700. The predicted molar refractivity (Wildman–Crippen MR) is 129 cm³/mol. The fourth-order valence-electron chi connectivity index (χ4n) is 3.99. The Kier molecular flexibility index (Phi) is 5.75. The van der Waals surface area contributed by atoms with Crippen molar-refractivity contribution in [2.75, 3.05) is 18.4 Å². The number of carbonyl (C=O) groups excluding carboxylic acids is 2. The molecule has 0 atom stereocenters. The number of likely N-dealkylation sites (tertiary alicyclic amines) is 1. The summed E-state index contributed by atoms with van der Waals surface area (Å²) in [6.45, 7) is 3.41. The van der Waals surface area contributed by atoms with Crippen LogP contribution in [0.25, 0.3) is 16.4 Å². The van der Waals surface area contributed by atoms with Gasteiger partial charge in [0, 0.05) is 24.3 Å². The van der Waals surface area contributed by atoms with Crippen LogP contribution in [0, 0.1) is 6.92 Å². The number of carbonyl (C=O) groups is 2. The topological polar surface area (TPSA) is 80.1 Å². The Morgan fingerprint density at radius 3 is 2.48 bits per heavy atom. The van der Waals surface area contributed by atoms with Gasteiger partial charge < -0.3 is 10.2 Å². The molecule has 4 aromatic rings. The number of anilines is 1. The molecule has 0 bridgehead atoms. The highest BCUT2D eigenvalue weighted by Gasteiger charge is 2.23. The van der Waals surface area contributed by atoms with E-state index < -0.39 is 5.91 Å². The van der Waals surface area contributed by atoms with Crippen molar-refractivity contribution in [2.24, 2.45) is 0 Å². The molecule has 0 saturated carbocycles. The van der Waals surface area contributed by atoms with Crippen LogP contribution in [0.2, 0.25) is 0 Å². The first-order valence-corrected chi connectivity index (χ1v) is 11.8. The van der Waals surface area contributed by atoms with Gasteiger partial charge in [-0.3, -0.25) is 9.59 Å².